The standard InChI is InChI=1S/C19H25N5OS/c1-16(26-19-21-20-15-22(19)2)18(25)24-13-11-23(12-14-24)10-6-9-17-7-4-3-5-8-17/h3-9,15-16H,10-14H2,1-2H3. The van der Waals surface area contributed by atoms with Gasteiger partial charge in [-0.1, -0.05) is 54.2 Å². The van der Waals surface area contributed by atoms with Gasteiger partial charge in [-0.2, -0.15) is 0 Å². The lowest BCUT2D eigenvalue weighted by Gasteiger charge is -2.35. The molecule has 1 saturated heterocycles. The van der Waals surface area contributed by atoms with Gasteiger partial charge >= 0.3 is 0 Å². The first-order valence-electron chi connectivity index (χ1n) is 8.87. The van der Waals surface area contributed by atoms with Crippen molar-refractivity contribution in [3.63, 3.8) is 0 Å². The Labute approximate surface area is 158 Å². The molecule has 1 fully saturated rings. The van der Waals surface area contributed by atoms with Crippen molar-refractivity contribution in [3.8, 4) is 0 Å². The molecule has 1 aromatic carbocycles. The Morgan fingerprint density at radius 3 is 2.62 bits per heavy atom. The molecule has 0 spiro atoms. The number of hydrogen-bond acceptors (Lipinski definition) is 5. The van der Waals surface area contributed by atoms with Crippen LogP contribution in [-0.2, 0) is 11.8 Å². The number of benzene rings is 1. The number of rotatable bonds is 6. The molecule has 1 aromatic heterocycles. The molecular weight excluding hydrogens is 346 g/mol. The molecule has 0 aliphatic carbocycles. The summed E-state index contributed by atoms with van der Waals surface area (Å²) in [5.41, 5.74) is 1.22. The van der Waals surface area contributed by atoms with Crippen molar-refractivity contribution in [2.75, 3.05) is 32.7 Å². The van der Waals surface area contributed by atoms with Crippen LogP contribution in [0.15, 0.2) is 47.9 Å². The van der Waals surface area contributed by atoms with E-state index >= 15 is 0 Å². The van der Waals surface area contributed by atoms with Gasteiger partial charge in [0.05, 0.1) is 5.25 Å². The second-order valence-corrected chi connectivity index (χ2v) is 7.73. The summed E-state index contributed by atoms with van der Waals surface area (Å²) in [6, 6.07) is 10.3. The fraction of sp³-hybridized carbons (Fsp3) is 0.421. The van der Waals surface area contributed by atoms with Crippen molar-refractivity contribution >= 4 is 23.7 Å². The van der Waals surface area contributed by atoms with Gasteiger partial charge in [0.25, 0.3) is 0 Å². The van der Waals surface area contributed by atoms with Crippen molar-refractivity contribution in [3.05, 3.63) is 48.3 Å². The van der Waals surface area contributed by atoms with E-state index in [9.17, 15) is 4.79 Å². The predicted molar refractivity (Wildman–Crippen MR) is 105 cm³/mol. The molecule has 0 bridgehead atoms. The zero-order valence-electron chi connectivity index (χ0n) is 15.3. The van der Waals surface area contributed by atoms with E-state index < -0.39 is 0 Å². The van der Waals surface area contributed by atoms with Gasteiger partial charge in [-0.05, 0) is 12.5 Å². The quantitative estimate of drug-likeness (QED) is 0.729. The van der Waals surface area contributed by atoms with Gasteiger partial charge in [-0.25, -0.2) is 0 Å². The van der Waals surface area contributed by atoms with E-state index in [1.54, 1.807) is 6.33 Å². The zero-order valence-corrected chi connectivity index (χ0v) is 16.1. The van der Waals surface area contributed by atoms with Crippen molar-refractivity contribution in [2.24, 2.45) is 7.05 Å². The molecule has 0 radical (unpaired) electrons. The number of carbonyl (C=O) groups excluding carboxylic acids is 1. The van der Waals surface area contributed by atoms with Crippen LogP contribution in [0.2, 0.25) is 0 Å². The lowest BCUT2D eigenvalue weighted by Crippen LogP contribution is -2.50. The number of carbonyl (C=O) groups is 1. The summed E-state index contributed by atoms with van der Waals surface area (Å²) in [6.07, 6.45) is 6.00. The molecule has 138 valence electrons. The topological polar surface area (TPSA) is 54.3 Å². The lowest BCUT2D eigenvalue weighted by molar-refractivity contribution is -0.131. The fourth-order valence-corrected chi connectivity index (χ4v) is 3.77. The summed E-state index contributed by atoms with van der Waals surface area (Å²) in [5.74, 6) is 0.178. The van der Waals surface area contributed by atoms with Gasteiger partial charge in [0.1, 0.15) is 6.33 Å². The maximum atomic E-state index is 12.7. The summed E-state index contributed by atoms with van der Waals surface area (Å²) in [5, 5.41) is 8.53. The summed E-state index contributed by atoms with van der Waals surface area (Å²) in [7, 11) is 1.89. The Balaban J connectivity index is 1.43. The highest BCUT2D eigenvalue weighted by molar-refractivity contribution is 8.00. The Morgan fingerprint density at radius 2 is 1.96 bits per heavy atom. The minimum absolute atomic E-state index is 0.151. The molecule has 7 heteroatoms. The second kappa shape index (κ2) is 9.00. The minimum Gasteiger partial charge on any atom is -0.339 e. The maximum absolute atomic E-state index is 12.7. The molecule has 6 nitrogen and oxygen atoms in total. The summed E-state index contributed by atoms with van der Waals surface area (Å²) in [4.78, 5) is 17.0. The number of aryl methyl sites for hydroxylation is 1. The van der Waals surface area contributed by atoms with Gasteiger partial charge in [-0.3, -0.25) is 9.69 Å². The monoisotopic (exact) mass is 371 g/mol. The highest BCUT2D eigenvalue weighted by Gasteiger charge is 2.26. The van der Waals surface area contributed by atoms with Gasteiger partial charge in [-0.15, -0.1) is 10.2 Å². The third-order valence-electron chi connectivity index (χ3n) is 4.46. The van der Waals surface area contributed by atoms with E-state index in [4.69, 9.17) is 0 Å². The van der Waals surface area contributed by atoms with E-state index in [-0.39, 0.29) is 11.2 Å². The number of amides is 1. The van der Waals surface area contributed by atoms with Crippen LogP contribution in [-0.4, -0.2) is 68.4 Å². The number of piperazine rings is 1. The van der Waals surface area contributed by atoms with Crippen LogP contribution in [0, 0.1) is 0 Å². The second-order valence-electron chi connectivity index (χ2n) is 6.42. The van der Waals surface area contributed by atoms with Crippen LogP contribution in [0.1, 0.15) is 12.5 Å². The number of nitrogens with zero attached hydrogens (tertiary/aromatic N) is 5. The Hall–Kier alpha value is -2.12. The highest BCUT2D eigenvalue weighted by Crippen LogP contribution is 2.22. The van der Waals surface area contributed by atoms with Gasteiger partial charge in [0.15, 0.2) is 5.16 Å². The fourth-order valence-electron chi connectivity index (χ4n) is 2.90. The van der Waals surface area contributed by atoms with E-state index in [0.717, 1.165) is 37.9 Å². The molecule has 2 aromatic rings. The summed E-state index contributed by atoms with van der Waals surface area (Å²) < 4.78 is 1.84. The van der Waals surface area contributed by atoms with Gasteiger partial charge in [0.2, 0.25) is 5.91 Å². The van der Waals surface area contributed by atoms with E-state index in [0.29, 0.717) is 0 Å². The van der Waals surface area contributed by atoms with E-state index in [1.807, 2.05) is 41.6 Å². The minimum atomic E-state index is -0.151. The van der Waals surface area contributed by atoms with Gasteiger partial charge < -0.3 is 9.47 Å². The first-order chi connectivity index (χ1) is 12.6. The number of aromatic nitrogens is 3. The number of hydrogen-bond donors (Lipinski definition) is 0. The summed E-state index contributed by atoms with van der Waals surface area (Å²) >= 11 is 1.46. The Kier molecular flexibility index (Phi) is 6.46. The van der Waals surface area contributed by atoms with E-state index in [1.165, 1.54) is 17.3 Å². The SMILES string of the molecule is CC(Sc1nncn1C)C(=O)N1CCN(CC=Cc2ccccc2)CC1. The molecule has 0 N–H and O–H groups in total. The highest BCUT2D eigenvalue weighted by atomic mass is 32.2. The normalized spacial score (nSPS) is 16.9. The Bertz CT molecular complexity index is 737. The molecule has 1 aliphatic rings. The van der Waals surface area contributed by atoms with Crippen LogP contribution in [0.5, 0.6) is 0 Å². The van der Waals surface area contributed by atoms with Crippen LogP contribution in [0.25, 0.3) is 6.08 Å². The van der Waals surface area contributed by atoms with Crippen molar-refractivity contribution in [2.45, 2.75) is 17.3 Å². The molecule has 2 heterocycles. The zero-order chi connectivity index (χ0) is 18.4. The van der Waals surface area contributed by atoms with Crippen molar-refractivity contribution in [1.29, 1.82) is 0 Å². The van der Waals surface area contributed by atoms with Crippen LogP contribution in [0.3, 0.4) is 0 Å². The molecule has 1 atom stereocenters. The molecule has 1 unspecified atom stereocenters. The predicted octanol–water partition coefficient (Wildman–Crippen LogP) is 2.15. The Morgan fingerprint density at radius 1 is 1.23 bits per heavy atom. The first kappa shape index (κ1) is 18.7. The van der Waals surface area contributed by atoms with Crippen LogP contribution in [0.4, 0.5) is 0 Å². The lowest BCUT2D eigenvalue weighted by atomic mass is 10.2. The molecule has 26 heavy (non-hydrogen) atoms. The average Bonchev–Trinajstić information content (AvgIpc) is 3.07. The summed E-state index contributed by atoms with van der Waals surface area (Å²) in [6.45, 7) is 6.23. The third-order valence-corrected chi connectivity index (χ3v) is 5.59. The molecular formula is C19H25N5OS. The molecule has 0 saturated carbocycles. The van der Waals surface area contributed by atoms with Crippen molar-refractivity contribution in [1.82, 2.24) is 24.6 Å². The van der Waals surface area contributed by atoms with Gasteiger partial charge in [0, 0.05) is 39.8 Å². The van der Waals surface area contributed by atoms with E-state index in [2.05, 4.69) is 39.4 Å². The largest absolute Gasteiger partial charge is 0.339 e. The van der Waals surface area contributed by atoms with Crippen LogP contribution < -0.4 is 0 Å². The van der Waals surface area contributed by atoms with Crippen LogP contribution >= 0.6 is 11.8 Å². The smallest absolute Gasteiger partial charge is 0.235 e. The van der Waals surface area contributed by atoms with Crippen molar-refractivity contribution < 1.29 is 4.79 Å². The molecule has 1 aliphatic heterocycles. The first-order valence-corrected chi connectivity index (χ1v) is 9.75. The third kappa shape index (κ3) is 4.95. The number of thioether (sulfide) groups is 1. The maximum Gasteiger partial charge on any atom is 0.235 e. The average molecular weight is 372 g/mol. The molecule has 3 rings (SSSR count). The molecule has 1 amide bonds.